The number of nitrogens with one attached hydrogen (secondary N) is 2. The molecule has 1 unspecified atom stereocenters. The molecular weight excluding hydrogens is 424 g/mol. The van der Waals surface area contributed by atoms with Gasteiger partial charge in [0.2, 0.25) is 5.91 Å². The molecule has 4 rings (SSSR count). The Morgan fingerprint density at radius 2 is 1.76 bits per heavy atom. The van der Waals surface area contributed by atoms with E-state index in [-0.39, 0.29) is 32.2 Å². The summed E-state index contributed by atoms with van der Waals surface area (Å²) in [6.07, 6.45) is 0.445. The van der Waals surface area contributed by atoms with Gasteiger partial charge in [0, 0.05) is 18.9 Å². The average molecular weight is 453 g/mol. The number of amides is 2. The van der Waals surface area contributed by atoms with Gasteiger partial charge >= 0.3 is 12.1 Å². The van der Waals surface area contributed by atoms with Gasteiger partial charge in [-0.15, -0.1) is 0 Å². The van der Waals surface area contributed by atoms with Crippen molar-refractivity contribution in [1.82, 2.24) is 10.6 Å². The summed E-state index contributed by atoms with van der Waals surface area (Å²) in [6.45, 7) is 2.17. The van der Waals surface area contributed by atoms with Crippen molar-refractivity contribution in [2.24, 2.45) is 0 Å². The van der Waals surface area contributed by atoms with Gasteiger partial charge in [-0.2, -0.15) is 0 Å². The topological polar surface area (TPSA) is 114 Å². The van der Waals surface area contributed by atoms with Gasteiger partial charge in [-0.25, -0.2) is 9.59 Å². The number of aliphatic carboxylic acids is 1. The first-order valence-electron chi connectivity index (χ1n) is 11.2. The lowest BCUT2D eigenvalue weighted by Gasteiger charge is -2.27. The molecule has 2 aromatic carbocycles. The van der Waals surface area contributed by atoms with Crippen LogP contribution in [0.25, 0.3) is 11.1 Å². The van der Waals surface area contributed by atoms with Crippen LogP contribution in [0.3, 0.4) is 0 Å². The minimum atomic E-state index is -1.47. The van der Waals surface area contributed by atoms with Crippen LogP contribution >= 0.6 is 0 Å². The number of fused-ring (bicyclic) bond motifs is 3. The predicted octanol–water partition coefficient (Wildman–Crippen LogP) is 3.05. The van der Waals surface area contributed by atoms with Gasteiger partial charge < -0.3 is 25.2 Å². The third kappa shape index (κ3) is 4.57. The lowest BCUT2D eigenvalue weighted by atomic mass is 9.98. The molecule has 0 spiro atoms. The van der Waals surface area contributed by atoms with Crippen LogP contribution in [-0.4, -0.2) is 54.5 Å². The summed E-state index contributed by atoms with van der Waals surface area (Å²) in [7, 11) is 0. The summed E-state index contributed by atoms with van der Waals surface area (Å²) in [6, 6.07) is 15.2. The number of carboxylic acid groups (broad SMARTS) is 1. The van der Waals surface area contributed by atoms with Gasteiger partial charge in [0.05, 0.1) is 6.61 Å². The van der Waals surface area contributed by atoms with Crippen LogP contribution in [0, 0.1) is 0 Å². The van der Waals surface area contributed by atoms with E-state index in [2.05, 4.69) is 22.8 Å². The Balaban J connectivity index is 1.41. The molecule has 3 N–H and O–H groups in total. The zero-order chi connectivity index (χ0) is 23.4. The molecule has 8 heteroatoms. The lowest BCUT2D eigenvalue weighted by molar-refractivity contribution is -0.148. The van der Waals surface area contributed by atoms with Crippen molar-refractivity contribution in [1.29, 1.82) is 0 Å². The van der Waals surface area contributed by atoms with Gasteiger partial charge in [0.15, 0.2) is 5.54 Å². The fourth-order valence-corrected chi connectivity index (χ4v) is 4.55. The van der Waals surface area contributed by atoms with Crippen molar-refractivity contribution in [3.05, 3.63) is 59.7 Å². The quantitative estimate of drug-likeness (QED) is 0.567. The van der Waals surface area contributed by atoms with Crippen molar-refractivity contribution in [2.45, 2.75) is 43.7 Å². The third-order valence-corrected chi connectivity index (χ3v) is 6.32. The maximum Gasteiger partial charge on any atom is 0.407 e. The molecule has 2 amide bonds. The van der Waals surface area contributed by atoms with E-state index in [1.807, 2.05) is 43.3 Å². The van der Waals surface area contributed by atoms with Crippen molar-refractivity contribution < 1.29 is 29.0 Å². The zero-order valence-corrected chi connectivity index (χ0v) is 18.5. The monoisotopic (exact) mass is 452 g/mol. The molecule has 0 bridgehead atoms. The van der Waals surface area contributed by atoms with E-state index in [1.54, 1.807) is 0 Å². The SMILES string of the molecule is CCC[C@@H](NC(=O)OCC1c2ccccc2-c2ccccc21)C(=O)NC1(C(=O)O)CCOC1. The Hall–Kier alpha value is -3.39. The molecule has 1 aliphatic carbocycles. The van der Waals surface area contributed by atoms with Crippen LogP contribution in [0.1, 0.15) is 43.2 Å². The summed E-state index contributed by atoms with van der Waals surface area (Å²) >= 11 is 0. The Morgan fingerprint density at radius 3 is 2.30 bits per heavy atom. The molecule has 2 aliphatic rings. The normalized spacial score (nSPS) is 19.9. The fourth-order valence-electron chi connectivity index (χ4n) is 4.55. The summed E-state index contributed by atoms with van der Waals surface area (Å²) in [5, 5.41) is 14.7. The fraction of sp³-hybridized carbons (Fsp3) is 0.400. The molecule has 1 saturated heterocycles. The molecule has 1 aliphatic heterocycles. The minimum absolute atomic E-state index is 0.0903. The van der Waals surface area contributed by atoms with E-state index in [0.29, 0.717) is 12.8 Å². The van der Waals surface area contributed by atoms with E-state index in [9.17, 15) is 19.5 Å². The minimum Gasteiger partial charge on any atom is -0.479 e. The van der Waals surface area contributed by atoms with Crippen LogP contribution in [0.4, 0.5) is 4.79 Å². The van der Waals surface area contributed by atoms with E-state index in [1.165, 1.54) is 0 Å². The first-order valence-corrected chi connectivity index (χ1v) is 11.2. The molecular formula is C25H28N2O6. The number of carboxylic acids is 1. The summed E-state index contributed by atoms with van der Waals surface area (Å²) in [5.74, 6) is -1.80. The van der Waals surface area contributed by atoms with Crippen LogP contribution in [0.15, 0.2) is 48.5 Å². The number of alkyl carbamates (subject to hydrolysis) is 1. The van der Waals surface area contributed by atoms with E-state index < -0.39 is 29.6 Å². The number of hydrogen-bond donors (Lipinski definition) is 3. The Kier molecular flexibility index (Phi) is 6.65. The first kappa shape index (κ1) is 22.8. The Labute approximate surface area is 192 Å². The van der Waals surface area contributed by atoms with Crippen molar-refractivity contribution >= 4 is 18.0 Å². The molecule has 0 saturated carbocycles. The molecule has 1 heterocycles. The van der Waals surface area contributed by atoms with Crippen LogP contribution in [-0.2, 0) is 19.1 Å². The number of ether oxygens (including phenoxy) is 2. The maximum absolute atomic E-state index is 12.8. The Bertz CT molecular complexity index is 1000. The second-order valence-corrected chi connectivity index (χ2v) is 8.49. The highest BCUT2D eigenvalue weighted by molar-refractivity contribution is 5.91. The van der Waals surface area contributed by atoms with Crippen molar-refractivity contribution in [3.8, 4) is 11.1 Å². The van der Waals surface area contributed by atoms with Crippen LogP contribution in [0.2, 0.25) is 0 Å². The molecule has 8 nitrogen and oxygen atoms in total. The zero-order valence-electron chi connectivity index (χ0n) is 18.5. The molecule has 2 aromatic rings. The van der Waals surface area contributed by atoms with E-state index in [0.717, 1.165) is 22.3 Å². The molecule has 0 radical (unpaired) electrons. The Morgan fingerprint density at radius 1 is 1.12 bits per heavy atom. The highest BCUT2D eigenvalue weighted by Crippen LogP contribution is 2.44. The molecule has 33 heavy (non-hydrogen) atoms. The third-order valence-electron chi connectivity index (χ3n) is 6.32. The highest BCUT2D eigenvalue weighted by atomic mass is 16.5. The standard InChI is InChI=1S/C25H28N2O6/c1-2-7-21(22(28)27-25(23(29)30)12-13-32-15-25)26-24(31)33-14-20-18-10-5-3-8-16(18)17-9-4-6-11-19(17)20/h3-6,8-11,20-21H,2,7,12-15H2,1H3,(H,26,31)(H,27,28)(H,29,30)/t21-,25?/m1/s1. The first-order chi connectivity index (χ1) is 15.9. The number of hydrogen-bond acceptors (Lipinski definition) is 5. The number of carbonyl (C=O) groups excluding carboxylic acids is 2. The molecule has 174 valence electrons. The number of rotatable bonds is 8. The van der Waals surface area contributed by atoms with Gasteiger partial charge in [-0.05, 0) is 28.7 Å². The van der Waals surface area contributed by atoms with Gasteiger partial charge in [0.25, 0.3) is 0 Å². The summed E-state index contributed by atoms with van der Waals surface area (Å²) in [4.78, 5) is 37.1. The van der Waals surface area contributed by atoms with Crippen LogP contribution in [0.5, 0.6) is 0 Å². The average Bonchev–Trinajstić information content (AvgIpc) is 3.41. The van der Waals surface area contributed by atoms with Gasteiger partial charge in [0.1, 0.15) is 12.6 Å². The van der Waals surface area contributed by atoms with E-state index >= 15 is 0 Å². The molecule has 2 atom stereocenters. The smallest absolute Gasteiger partial charge is 0.407 e. The largest absolute Gasteiger partial charge is 0.479 e. The van der Waals surface area contributed by atoms with Gasteiger partial charge in [-0.3, -0.25) is 4.79 Å². The second-order valence-electron chi connectivity index (χ2n) is 8.49. The van der Waals surface area contributed by atoms with Crippen LogP contribution < -0.4 is 10.6 Å². The molecule has 0 aromatic heterocycles. The van der Waals surface area contributed by atoms with Crippen molar-refractivity contribution in [3.63, 3.8) is 0 Å². The van der Waals surface area contributed by atoms with Gasteiger partial charge in [-0.1, -0.05) is 61.9 Å². The second kappa shape index (κ2) is 9.62. The van der Waals surface area contributed by atoms with E-state index in [4.69, 9.17) is 9.47 Å². The number of carbonyl (C=O) groups is 3. The number of benzene rings is 2. The summed E-state index contributed by atoms with van der Waals surface area (Å²) in [5.41, 5.74) is 2.98. The summed E-state index contributed by atoms with van der Waals surface area (Å²) < 4.78 is 10.7. The molecule has 1 fully saturated rings. The predicted molar refractivity (Wildman–Crippen MR) is 121 cm³/mol. The maximum atomic E-state index is 12.8. The lowest BCUT2D eigenvalue weighted by Crippen LogP contribution is -2.59. The highest BCUT2D eigenvalue weighted by Gasteiger charge is 2.45. The van der Waals surface area contributed by atoms with Crippen molar-refractivity contribution in [2.75, 3.05) is 19.8 Å².